The van der Waals surface area contributed by atoms with Crippen LogP contribution in [-0.4, -0.2) is 24.2 Å². The van der Waals surface area contributed by atoms with Crippen LogP contribution in [0.5, 0.6) is 5.75 Å². The number of nitrogens with one attached hydrogen (secondary N) is 1. The molecule has 1 unspecified atom stereocenters. The van der Waals surface area contributed by atoms with Gasteiger partial charge in [-0.05, 0) is 35.6 Å². The van der Waals surface area contributed by atoms with Crippen LogP contribution in [-0.2, 0) is 11.3 Å². The number of hydrogen-bond donors (Lipinski definition) is 2. The molecule has 0 amide bonds. The Labute approximate surface area is 123 Å². The molecule has 4 nitrogen and oxygen atoms in total. The summed E-state index contributed by atoms with van der Waals surface area (Å²) in [5.41, 5.74) is 1.02. The van der Waals surface area contributed by atoms with Crippen LogP contribution in [0.1, 0.15) is 18.4 Å². The number of rotatable bonds is 6. The Balaban J connectivity index is 1.89. The summed E-state index contributed by atoms with van der Waals surface area (Å²) in [4.78, 5) is 11.3. The van der Waals surface area contributed by atoms with Crippen molar-refractivity contribution < 1.29 is 14.6 Å². The van der Waals surface area contributed by atoms with Crippen molar-refractivity contribution in [1.29, 1.82) is 0 Å². The normalized spacial score (nSPS) is 15.9. The van der Waals surface area contributed by atoms with E-state index in [0.29, 0.717) is 6.54 Å². The van der Waals surface area contributed by atoms with E-state index in [2.05, 4.69) is 5.32 Å². The van der Waals surface area contributed by atoms with Gasteiger partial charge in [0.2, 0.25) is 0 Å². The largest absolute Gasteiger partial charge is 0.496 e. The van der Waals surface area contributed by atoms with E-state index in [1.54, 1.807) is 7.11 Å². The molecule has 0 aromatic heterocycles. The van der Waals surface area contributed by atoms with Crippen LogP contribution < -0.4 is 10.1 Å². The van der Waals surface area contributed by atoms with Crippen LogP contribution in [0.4, 0.5) is 0 Å². The number of fused-ring (bicyclic) bond motifs is 1. The fraction of sp³-hybridized carbons (Fsp3) is 0.353. The minimum Gasteiger partial charge on any atom is -0.496 e. The van der Waals surface area contributed by atoms with Gasteiger partial charge in [-0.15, -0.1) is 0 Å². The fourth-order valence-corrected chi connectivity index (χ4v) is 2.79. The van der Waals surface area contributed by atoms with Crippen molar-refractivity contribution in [3.8, 4) is 5.75 Å². The van der Waals surface area contributed by atoms with E-state index < -0.39 is 12.0 Å². The molecule has 4 heteroatoms. The summed E-state index contributed by atoms with van der Waals surface area (Å²) in [6, 6.07) is 11.6. The van der Waals surface area contributed by atoms with Crippen molar-refractivity contribution in [3.63, 3.8) is 0 Å². The zero-order valence-electron chi connectivity index (χ0n) is 12.0. The Bertz CT molecular complexity index is 664. The second-order valence-electron chi connectivity index (χ2n) is 5.50. The third-order valence-electron chi connectivity index (χ3n) is 4.08. The molecule has 2 N–H and O–H groups in total. The van der Waals surface area contributed by atoms with Crippen molar-refractivity contribution in [2.24, 2.45) is 5.92 Å². The van der Waals surface area contributed by atoms with Crippen LogP contribution in [0.15, 0.2) is 36.4 Å². The molecular weight excluding hydrogens is 266 g/mol. The molecule has 0 spiro atoms. The number of methoxy groups -OCH3 is 1. The maximum Gasteiger partial charge on any atom is 0.320 e. The van der Waals surface area contributed by atoms with Crippen molar-refractivity contribution in [1.82, 2.24) is 5.32 Å². The second-order valence-corrected chi connectivity index (χ2v) is 5.50. The van der Waals surface area contributed by atoms with Crippen LogP contribution in [0.25, 0.3) is 10.8 Å². The molecule has 21 heavy (non-hydrogen) atoms. The summed E-state index contributed by atoms with van der Waals surface area (Å²) in [6.07, 6.45) is 1.99. The molecular formula is C17H19NO3. The number of ether oxygens (including phenoxy) is 1. The lowest BCUT2D eigenvalue weighted by atomic mass is 10.0. The summed E-state index contributed by atoms with van der Waals surface area (Å²) in [5, 5.41) is 14.7. The number of hydrogen-bond acceptors (Lipinski definition) is 3. The molecule has 0 aliphatic heterocycles. The van der Waals surface area contributed by atoms with Crippen molar-refractivity contribution in [2.75, 3.05) is 7.11 Å². The number of carboxylic acids is 1. The number of carbonyl (C=O) groups is 1. The van der Waals surface area contributed by atoms with Gasteiger partial charge in [0.15, 0.2) is 0 Å². The van der Waals surface area contributed by atoms with Gasteiger partial charge < -0.3 is 9.84 Å². The van der Waals surface area contributed by atoms with Crippen LogP contribution in [0, 0.1) is 5.92 Å². The molecule has 1 aliphatic carbocycles. The zero-order valence-corrected chi connectivity index (χ0v) is 12.0. The quantitative estimate of drug-likeness (QED) is 0.857. The van der Waals surface area contributed by atoms with Gasteiger partial charge in [-0.1, -0.05) is 30.3 Å². The summed E-state index contributed by atoms with van der Waals surface area (Å²) < 4.78 is 5.43. The fourth-order valence-electron chi connectivity index (χ4n) is 2.79. The highest BCUT2D eigenvalue weighted by Crippen LogP contribution is 2.34. The highest BCUT2D eigenvalue weighted by molar-refractivity contribution is 5.87. The average molecular weight is 285 g/mol. The van der Waals surface area contributed by atoms with Gasteiger partial charge in [-0.25, -0.2) is 0 Å². The van der Waals surface area contributed by atoms with Crippen LogP contribution in [0.3, 0.4) is 0 Å². The first-order chi connectivity index (χ1) is 10.2. The summed E-state index contributed by atoms with van der Waals surface area (Å²) in [7, 11) is 1.64. The van der Waals surface area contributed by atoms with Gasteiger partial charge >= 0.3 is 5.97 Å². The number of aliphatic carboxylic acids is 1. The SMILES string of the molecule is COc1ccc2ccccc2c1CNC(C(=O)O)C1CC1. The molecule has 0 radical (unpaired) electrons. The van der Waals surface area contributed by atoms with Crippen LogP contribution in [0.2, 0.25) is 0 Å². The molecule has 1 fully saturated rings. The maximum absolute atomic E-state index is 11.3. The second kappa shape index (κ2) is 5.74. The van der Waals surface area contributed by atoms with Crippen LogP contribution >= 0.6 is 0 Å². The van der Waals surface area contributed by atoms with E-state index in [4.69, 9.17) is 4.74 Å². The third kappa shape index (κ3) is 2.85. The Kier molecular flexibility index (Phi) is 3.80. The lowest BCUT2D eigenvalue weighted by Gasteiger charge is -2.17. The lowest BCUT2D eigenvalue weighted by Crippen LogP contribution is -2.38. The van der Waals surface area contributed by atoms with Crippen molar-refractivity contribution in [2.45, 2.75) is 25.4 Å². The lowest BCUT2D eigenvalue weighted by molar-refractivity contribution is -0.140. The highest BCUT2D eigenvalue weighted by Gasteiger charge is 2.35. The molecule has 2 aromatic rings. The summed E-state index contributed by atoms with van der Waals surface area (Å²) in [5.74, 6) is 0.293. The van der Waals surface area contributed by atoms with E-state index in [1.807, 2.05) is 36.4 Å². The molecule has 0 bridgehead atoms. The summed E-state index contributed by atoms with van der Waals surface area (Å²) in [6.45, 7) is 0.498. The number of benzene rings is 2. The molecule has 0 saturated heterocycles. The van der Waals surface area contributed by atoms with E-state index in [1.165, 1.54) is 0 Å². The molecule has 1 saturated carbocycles. The topological polar surface area (TPSA) is 58.6 Å². The van der Waals surface area contributed by atoms with Crippen molar-refractivity contribution >= 4 is 16.7 Å². The standard InChI is InChI=1S/C17H19NO3/c1-21-15-9-8-11-4-2-3-5-13(11)14(15)10-18-16(17(19)20)12-6-7-12/h2-5,8-9,12,16,18H,6-7,10H2,1H3,(H,19,20). The Morgan fingerprint density at radius 1 is 1.33 bits per heavy atom. The van der Waals surface area contributed by atoms with Gasteiger partial charge in [0, 0.05) is 12.1 Å². The monoisotopic (exact) mass is 285 g/mol. The molecule has 110 valence electrons. The predicted molar refractivity (Wildman–Crippen MR) is 81.5 cm³/mol. The smallest absolute Gasteiger partial charge is 0.320 e. The summed E-state index contributed by atoms with van der Waals surface area (Å²) >= 11 is 0. The van der Waals surface area contributed by atoms with Gasteiger partial charge in [0.1, 0.15) is 11.8 Å². The molecule has 2 aromatic carbocycles. The van der Waals surface area contributed by atoms with E-state index in [0.717, 1.165) is 34.9 Å². The van der Waals surface area contributed by atoms with E-state index in [9.17, 15) is 9.90 Å². The zero-order chi connectivity index (χ0) is 14.8. The first-order valence-corrected chi connectivity index (χ1v) is 7.21. The Morgan fingerprint density at radius 2 is 2.10 bits per heavy atom. The predicted octanol–water partition coefficient (Wildman–Crippen LogP) is 2.80. The number of carboxylic acid groups (broad SMARTS) is 1. The van der Waals surface area contributed by atoms with E-state index >= 15 is 0 Å². The first-order valence-electron chi connectivity index (χ1n) is 7.21. The molecule has 0 heterocycles. The molecule has 3 rings (SSSR count). The van der Waals surface area contributed by atoms with E-state index in [-0.39, 0.29) is 5.92 Å². The Hall–Kier alpha value is -2.07. The van der Waals surface area contributed by atoms with Gasteiger partial charge in [-0.2, -0.15) is 0 Å². The molecule has 1 atom stereocenters. The highest BCUT2D eigenvalue weighted by atomic mass is 16.5. The van der Waals surface area contributed by atoms with Gasteiger partial charge in [-0.3, -0.25) is 10.1 Å². The maximum atomic E-state index is 11.3. The van der Waals surface area contributed by atoms with Gasteiger partial charge in [0.05, 0.1) is 7.11 Å². The van der Waals surface area contributed by atoms with Gasteiger partial charge in [0.25, 0.3) is 0 Å². The Morgan fingerprint density at radius 3 is 2.76 bits per heavy atom. The average Bonchev–Trinajstić information content (AvgIpc) is 3.31. The molecule has 1 aliphatic rings. The third-order valence-corrected chi connectivity index (χ3v) is 4.08. The van der Waals surface area contributed by atoms with Crippen molar-refractivity contribution in [3.05, 3.63) is 42.0 Å². The minimum atomic E-state index is -0.767. The first kappa shape index (κ1) is 13.9. The minimum absolute atomic E-state index is 0.267.